The molecule has 2 aromatic carbocycles. The molecule has 0 unspecified atom stereocenters. The highest BCUT2D eigenvalue weighted by Crippen LogP contribution is 2.30. The SMILES string of the molecule is O=C(COc1ccc([N+](=O)[O-])cc1[N+](=O)[O-])Nc1ccc(O)cc1. The number of hydrogen-bond donors (Lipinski definition) is 2. The third-order valence-corrected chi connectivity index (χ3v) is 2.86. The van der Waals surface area contributed by atoms with Gasteiger partial charge in [0.2, 0.25) is 0 Å². The van der Waals surface area contributed by atoms with E-state index in [1.807, 2.05) is 0 Å². The number of nitro benzene ring substituents is 2. The minimum atomic E-state index is -0.833. The van der Waals surface area contributed by atoms with Crippen molar-refractivity contribution in [1.82, 2.24) is 0 Å². The summed E-state index contributed by atoms with van der Waals surface area (Å²) in [5.41, 5.74) is -0.663. The molecule has 24 heavy (non-hydrogen) atoms. The first-order chi connectivity index (χ1) is 11.4. The van der Waals surface area contributed by atoms with Crippen LogP contribution in [0.5, 0.6) is 11.5 Å². The summed E-state index contributed by atoms with van der Waals surface area (Å²) in [6, 6.07) is 8.52. The van der Waals surface area contributed by atoms with Crippen molar-refractivity contribution in [2.75, 3.05) is 11.9 Å². The van der Waals surface area contributed by atoms with Gasteiger partial charge in [0.1, 0.15) is 5.75 Å². The number of nitrogens with one attached hydrogen (secondary N) is 1. The molecule has 1 amide bonds. The Balaban J connectivity index is 2.05. The molecule has 0 spiro atoms. The Bertz CT molecular complexity index is 789. The molecular weight excluding hydrogens is 322 g/mol. The maximum atomic E-state index is 11.8. The van der Waals surface area contributed by atoms with E-state index < -0.39 is 33.7 Å². The van der Waals surface area contributed by atoms with Crippen LogP contribution in [0.3, 0.4) is 0 Å². The highest BCUT2D eigenvalue weighted by molar-refractivity contribution is 5.91. The van der Waals surface area contributed by atoms with Crippen molar-refractivity contribution < 1.29 is 24.5 Å². The van der Waals surface area contributed by atoms with Crippen LogP contribution in [-0.4, -0.2) is 27.5 Å². The summed E-state index contributed by atoms with van der Waals surface area (Å²) in [6.07, 6.45) is 0. The van der Waals surface area contributed by atoms with Crippen LogP contribution < -0.4 is 10.1 Å². The van der Waals surface area contributed by atoms with Gasteiger partial charge in [-0.3, -0.25) is 25.0 Å². The van der Waals surface area contributed by atoms with Gasteiger partial charge in [-0.05, 0) is 30.3 Å². The molecule has 2 rings (SSSR count). The molecule has 10 nitrogen and oxygen atoms in total. The molecule has 0 bridgehead atoms. The van der Waals surface area contributed by atoms with Gasteiger partial charge in [0.05, 0.1) is 15.9 Å². The standard InChI is InChI=1S/C14H11N3O7/c18-11-4-1-9(2-5-11)15-14(19)8-24-13-6-3-10(16(20)21)7-12(13)17(22)23/h1-7,18H,8H2,(H,15,19). The number of carbonyl (C=O) groups excluding carboxylic acids is 1. The Hall–Kier alpha value is -3.69. The van der Waals surface area contributed by atoms with Gasteiger partial charge in [-0.15, -0.1) is 0 Å². The molecule has 0 heterocycles. The number of hydrogen-bond acceptors (Lipinski definition) is 7. The average Bonchev–Trinajstić information content (AvgIpc) is 2.54. The topological polar surface area (TPSA) is 145 Å². The first kappa shape index (κ1) is 16.7. The molecule has 10 heteroatoms. The number of benzene rings is 2. The normalized spacial score (nSPS) is 10.0. The number of nitrogens with zero attached hydrogens (tertiary/aromatic N) is 2. The van der Waals surface area contributed by atoms with E-state index >= 15 is 0 Å². The molecular formula is C14H11N3O7. The lowest BCUT2D eigenvalue weighted by Crippen LogP contribution is -2.20. The molecule has 0 aliphatic heterocycles. The van der Waals surface area contributed by atoms with Crippen molar-refractivity contribution >= 4 is 23.0 Å². The number of ether oxygens (including phenoxy) is 1. The van der Waals surface area contributed by atoms with Gasteiger partial charge in [-0.1, -0.05) is 0 Å². The fourth-order valence-electron chi connectivity index (χ4n) is 1.77. The lowest BCUT2D eigenvalue weighted by atomic mass is 10.2. The maximum absolute atomic E-state index is 11.8. The van der Waals surface area contributed by atoms with Gasteiger partial charge < -0.3 is 15.2 Å². The molecule has 2 N–H and O–H groups in total. The summed E-state index contributed by atoms with van der Waals surface area (Å²) in [6.45, 7) is -0.528. The van der Waals surface area contributed by atoms with E-state index in [0.717, 1.165) is 18.2 Å². The van der Waals surface area contributed by atoms with Gasteiger partial charge in [0.15, 0.2) is 12.4 Å². The highest BCUT2D eigenvalue weighted by Gasteiger charge is 2.21. The Morgan fingerprint density at radius 2 is 1.75 bits per heavy atom. The van der Waals surface area contributed by atoms with Crippen LogP contribution in [0.15, 0.2) is 42.5 Å². The van der Waals surface area contributed by atoms with Crippen molar-refractivity contribution in [3.05, 3.63) is 62.7 Å². The van der Waals surface area contributed by atoms with E-state index in [1.54, 1.807) is 0 Å². The zero-order chi connectivity index (χ0) is 17.7. The van der Waals surface area contributed by atoms with Crippen molar-refractivity contribution in [2.24, 2.45) is 0 Å². The third kappa shape index (κ3) is 4.16. The highest BCUT2D eigenvalue weighted by atomic mass is 16.6. The van der Waals surface area contributed by atoms with E-state index in [2.05, 4.69) is 5.32 Å². The quantitative estimate of drug-likeness (QED) is 0.468. The fraction of sp³-hybridized carbons (Fsp3) is 0.0714. The zero-order valence-electron chi connectivity index (χ0n) is 12.0. The molecule has 0 fully saturated rings. The van der Waals surface area contributed by atoms with E-state index in [4.69, 9.17) is 9.84 Å². The summed E-state index contributed by atoms with van der Waals surface area (Å²) in [5, 5.41) is 33.2. The summed E-state index contributed by atoms with van der Waals surface area (Å²) in [4.78, 5) is 31.7. The van der Waals surface area contributed by atoms with Crippen LogP contribution in [0.2, 0.25) is 0 Å². The molecule has 0 aromatic heterocycles. The molecule has 0 saturated carbocycles. The van der Waals surface area contributed by atoms with Gasteiger partial charge in [0, 0.05) is 11.8 Å². The molecule has 0 radical (unpaired) electrons. The number of non-ortho nitro benzene ring substituents is 1. The molecule has 0 atom stereocenters. The number of phenols is 1. The van der Waals surface area contributed by atoms with Crippen LogP contribution in [0.4, 0.5) is 17.1 Å². The zero-order valence-corrected chi connectivity index (χ0v) is 12.0. The second kappa shape index (κ2) is 7.05. The molecule has 0 aliphatic carbocycles. The van der Waals surface area contributed by atoms with Crippen LogP contribution in [-0.2, 0) is 4.79 Å². The van der Waals surface area contributed by atoms with Crippen LogP contribution in [0.1, 0.15) is 0 Å². The van der Waals surface area contributed by atoms with Gasteiger partial charge in [-0.2, -0.15) is 0 Å². The summed E-state index contributed by atoms with van der Waals surface area (Å²) >= 11 is 0. The summed E-state index contributed by atoms with van der Waals surface area (Å²) < 4.78 is 5.07. The molecule has 0 aliphatic rings. The van der Waals surface area contributed by atoms with E-state index in [-0.39, 0.29) is 11.5 Å². The minimum absolute atomic E-state index is 0.0331. The van der Waals surface area contributed by atoms with Gasteiger partial charge in [0.25, 0.3) is 11.6 Å². The molecule has 124 valence electrons. The van der Waals surface area contributed by atoms with Crippen molar-refractivity contribution in [2.45, 2.75) is 0 Å². The Kier molecular flexibility index (Phi) is 4.90. The minimum Gasteiger partial charge on any atom is -0.508 e. The summed E-state index contributed by atoms with van der Waals surface area (Å²) in [7, 11) is 0. The lowest BCUT2D eigenvalue weighted by Gasteiger charge is -2.08. The predicted octanol–water partition coefficient (Wildman–Crippen LogP) is 2.23. The lowest BCUT2D eigenvalue weighted by molar-refractivity contribution is -0.394. The summed E-state index contributed by atoms with van der Waals surface area (Å²) in [5.74, 6) is -0.814. The number of amides is 1. The Morgan fingerprint density at radius 1 is 1.08 bits per heavy atom. The number of aromatic hydroxyl groups is 1. The second-order valence-corrected chi connectivity index (χ2v) is 4.55. The van der Waals surface area contributed by atoms with Crippen molar-refractivity contribution in [1.29, 1.82) is 0 Å². The van der Waals surface area contributed by atoms with E-state index in [0.29, 0.717) is 5.69 Å². The molecule has 2 aromatic rings. The first-order valence-corrected chi connectivity index (χ1v) is 6.51. The molecule has 0 saturated heterocycles. The largest absolute Gasteiger partial charge is 0.508 e. The monoisotopic (exact) mass is 333 g/mol. The smallest absolute Gasteiger partial charge is 0.317 e. The Labute approximate surface area is 134 Å². The van der Waals surface area contributed by atoms with Crippen LogP contribution >= 0.6 is 0 Å². The van der Waals surface area contributed by atoms with E-state index in [1.165, 1.54) is 24.3 Å². The van der Waals surface area contributed by atoms with Gasteiger partial charge >= 0.3 is 5.69 Å². The van der Waals surface area contributed by atoms with Crippen molar-refractivity contribution in [3.63, 3.8) is 0 Å². The van der Waals surface area contributed by atoms with Crippen LogP contribution in [0, 0.1) is 20.2 Å². The maximum Gasteiger partial charge on any atom is 0.317 e. The number of phenolic OH excluding ortho intramolecular Hbond substituents is 1. The number of nitro groups is 2. The average molecular weight is 333 g/mol. The fourth-order valence-corrected chi connectivity index (χ4v) is 1.77. The number of rotatable bonds is 6. The van der Waals surface area contributed by atoms with Crippen molar-refractivity contribution in [3.8, 4) is 11.5 Å². The Morgan fingerprint density at radius 3 is 2.33 bits per heavy atom. The third-order valence-electron chi connectivity index (χ3n) is 2.86. The number of anilines is 1. The van der Waals surface area contributed by atoms with Crippen LogP contribution in [0.25, 0.3) is 0 Å². The first-order valence-electron chi connectivity index (χ1n) is 6.51. The van der Waals surface area contributed by atoms with E-state index in [9.17, 15) is 25.0 Å². The predicted molar refractivity (Wildman–Crippen MR) is 82.0 cm³/mol. The number of carbonyl (C=O) groups is 1. The second-order valence-electron chi connectivity index (χ2n) is 4.55. The van der Waals surface area contributed by atoms with Gasteiger partial charge in [-0.25, -0.2) is 0 Å².